The summed E-state index contributed by atoms with van der Waals surface area (Å²) in [5.41, 5.74) is 1.68. The second kappa shape index (κ2) is 8.63. The maximum Gasteiger partial charge on any atom is 0.0644 e. The van der Waals surface area contributed by atoms with Crippen LogP contribution in [0.2, 0.25) is 18.1 Å². The quantitative estimate of drug-likeness (QED) is 0.366. The number of hydrogen-bond acceptors (Lipinski definition) is 0. The zero-order valence-electron chi connectivity index (χ0n) is 17.9. The molecule has 1 aromatic carbocycles. The van der Waals surface area contributed by atoms with Gasteiger partial charge in [0.25, 0.3) is 0 Å². The first kappa shape index (κ1) is 20.2. The molecule has 3 rings (SSSR count). The third kappa shape index (κ3) is 3.70. The Balaban J connectivity index is 2.00. The molecule has 0 saturated heterocycles. The number of benzene rings is 1. The van der Waals surface area contributed by atoms with Crippen LogP contribution in [0.4, 0.5) is 0 Å². The lowest BCUT2D eigenvalue weighted by Gasteiger charge is -2.51. The van der Waals surface area contributed by atoms with Crippen LogP contribution in [0.5, 0.6) is 0 Å². The van der Waals surface area contributed by atoms with E-state index in [0.29, 0.717) is 5.04 Å². The number of rotatable bonds is 10. The van der Waals surface area contributed by atoms with Gasteiger partial charge >= 0.3 is 0 Å². The van der Waals surface area contributed by atoms with E-state index in [1.54, 1.807) is 18.4 Å². The molecule has 2 aliphatic rings. The normalized spacial score (nSPS) is 27.6. The van der Waals surface area contributed by atoms with Crippen molar-refractivity contribution in [3.63, 3.8) is 0 Å². The van der Waals surface area contributed by atoms with Crippen molar-refractivity contribution in [3.05, 3.63) is 35.9 Å². The summed E-state index contributed by atoms with van der Waals surface area (Å²) in [4.78, 5) is 0. The van der Waals surface area contributed by atoms with Gasteiger partial charge in [0.15, 0.2) is 0 Å². The van der Waals surface area contributed by atoms with Gasteiger partial charge in [0.2, 0.25) is 0 Å². The highest BCUT2D eigenvalue weighted by Crippen LogP contribution is 2.55. The topological polar surface area (TPSA) is 0 Å². The molecule has 0 aromatic heterocycles. The average Bonchev–Trinajstić information content (AvgIpc) is 3.26. The van der Waals surface area contributed by atoms with Gasteiger partial charge in [-0.15, -0.1) is 0 Å². The SMILES string of the molecule is CCC[Si](CCC)(CCC)C(C)(C[C@@H]1C[C@H]2CC[C@@H]1C2)c1ccccc1. The molecule has 0 aliphatic heterocycles. The van der Waals surface area contributed by atoms with Crippen molar-refractivity contribution in [3.8, 4) is 0 Å². The zero-order valence-corrected chi connectivity index (χ0v) is 18.9. The molecule has 0 heterocycles. The molecule has 1 aromatic rings. The summed E-state index contributed by atoms with van der Waals surface area (Å²) in [6.07, 6.45) is 11.8. The van der Waals surface area contributed by atoms with Crippen LogP contribution in [-0.2, 0) is 5.04 Å². The minimum Gasteiger partial charge on any atom is -0.0656 e. The largest absolute Gasteiger partial charge is 0.0656 e. The van der Waals surface area contributed by atoms with Crippen LogP contribution in [0.1, 0.15) is 84.6 Å². The molecule has 2 fully saturated rings. The number of fused-ring (bicyclic) bond motifs is 2. The average molecular weight is 371 g/mol. The van der Waals surface area contributed by atoms with Crippen LogP contribution in [0.3, 0.4) is 0 Å². The third-order valence-electron chi connectivity index (χ3n) is 8.32. The van der Waals surface area contributed by atoms with E-state index in [4.69, 9.17) is 0 Å². The van der Waals surface area contributed by atoms with Crippen LogP contribution < -0.4 is 0 Å². The van der Waals surface area contributed by atoms with Gasteiger partial charge < -0.3 is 0 Å². The minimum atomic E-state index is -1.39. The maximum atomic E-state index is 2.72. The van der Waals surface area contributed by atoms with Gasteiger partial charge in [-0.1, -0.05) is 102 Å². The maximum absolute atomic E-state index is 2.72. The van der Waals surface area contributed by atoms with Crippen LogP contribution in [0, 0.1) is 17.8 Å². The Bertz CT molecular complexity index is 534. The summed E-state index contributed by atoms with van der Waals surface area (Å²) in [6, 6.07) is 16.4. The molecular formula is C25H42Si. The zero-order chi connectivity index (χ0) is 18.6. The summed E-state index contributed by atoms with van der Waals surface area (Å²) >= 11 is 0. The highest BCUT2D eigenvalue weighted by molar-refractivity contribution is 6.82. The van der Waals surface area contributed by atoms with Crippen molar-refractivity contribution >= 4 is 8.07 Å². The molecule has 146 valence electrons. The summed E-state index contributed by atoms with van der Waals surface area (Å²) in [5, 5.41) is 0.464. The van der Waals surface area contributed by atoms with Crippen LogP contribution >= 0.6 is 0 Å². The van der Waals surface area contributed by atoms with Gasteiger partial charge in [0, 0.05) is 0 Å². The second-order valence-electron chi connectivity index (χ2n) is 9.87. The van der Waals surface area contributed by atoms with E-state index in [1.165, 1.54) is 56.7 Å². The lowest BCUT2D eigenvalue weighted by atomic mass is 9.80. The van der Waals surface area contributed by atoms with E-state index in [2.05, 4.69) is 58.0 Å². The summed E-state index contributed by atoms with van der Waals surface area (Å²) in [6.45, 7) is 10.0. The molecule has 0 amide bonds. The fourth-order valence-electron chi connectivity index (χ4n) is 7.24. The van der Waals surface area contributed by atoms with Crippen LogP contribution in [-0.4, -0.2) is 8.07 Å². The van der Waals surface area contributed by atoms with Crippen LogP contribution in [0.15, 0.2) is 30.3 Å². The predicted octanol–water partition coefficient (Wildman–Crippen LogP) is 7.99. The molecule has 0 radical (unpaired) electrons. The van der Waals surface area contributed by atoms with Crippen molar-refractivity contribution in [2.24, 2.45) is 17.8 Å². The van der Waals surface area contributed by atoms with Gasteiger partial charge in [0.05, 0.1) is 8.07 Å². The van der Waals surface area contributed by atoms with E-state index in [1.807, 2.05) is 0 Å². The molecule has 2 aliphatic carbocycles. The number of hydrogen-bond donors (Lipinski definition) is 0. The predicted molar refractivity (Wildman–Crippen MR) is 118 cm³/mol. The van der Waals surface area contributed by atoms with Gasteiger partial charge in [-0.25, -0.2) is 0 Å². The van der Waals surface area contributed by atoms with E-state index in [9.17, 15) is 0 Å². The molecule has 0 nitrogen and oxygen atoms in total. The first-order chi connectivity index (χ1) is 12.6. The van der Waals surface area contributed by atoms with Crippen molar-refractivity contribution < 1.29 is 0 Å². The summed E-state index contributed by atoms with van der Waals surface area (Å²) < 4.78 is 0. The monoisotopic (exact) mass is 370 g/mol. The second-order valence-corrected chi connectivity index (χ2v) is 15.0. The van der Waals surface area contributed by atoms with Gasteiger partial charge in [-0.05, 0) is 54.0 Å². The minimum absolute atomic E-state index is 0.464. The molecule has 0 spiro atoms. The smallest absolute Gasteiger partial charge is 0.0644 e. The standard InChI is InChI=1S/C25H42Si/c1-5-15-26(16-6-2,17-7-3)25(4,24-11-9-8-10-12-24)20-23-19-21-13-14-22(23)18-21/h8-12,21-23H,5-7,13-20H2,1-4H3/t21-,22+,23-,25?/m0/s1. The third-order valence-corrected chi connectivity index (χ3v) is 15.5. The van der Waals surface area contributed by atoms with Crippen molar-refractivity contribution in [1.82, 2.24) is 0 Å². The van der Waals surface area contributed by atoms with E-state index < -0.39 is 8.07 Å². The molecule has 26 heavy (non-hydrogen) atoms. The van der Waals surface area contributed by atoms with Crippen molar-refractivity contribution in [1.29, 1.82) is 0 Å². The van der Waals surface area contributed by atoms with Crippen LogP contribution in [0.25, 0.3) is 0 Å². The Labute approximate surface area is 164 Å². The fourth-order valence-corrected chi connectivity index (χ4v) is 14.0. The molecule has 1 heteroatoms. The van der Waals surface area contributed by atoms with E-state index >= 15 is 0 Å². The first-order valence-electron chi connectivity index (χ1n) is 11.6. The molecule has 0 N–H and O–H groups in total. The molecule has 1 unspecified atom stereocenters. The highest BCUT2D eigenvalue weighted by Gasteiger charge is 2.52. The summed E-state index contributed by atoms with van der Waals surface area (Å²) in [5.74, 6) is 3.14. The van der Waals surface area contributed by atoms with Gasteiger partial charge in [-0.3, -0.25) is 0 Å². The van der Waals surface area contributed by atoms with Gasteiger partial charge in [-0.2, -0.15) is 0 Å². The Morgan fingerprint density at radius 1 is 0.885 bits per heavy atom. The Hall–Kier alpha value is -0.563. The molecular weight excluding hydrogens is 328 g/mol. The van der Waals surface area contributed by atoms with E-state index in [0.717, 1.165) is 17.8 Å². The Morgan fingerprint density at radius 2 is 1.50 bits per heavy atom. The van der Waals surface area contributed by atoms with Crippen molar-refractivity contribution in [2.75, 3.05) is 0 Å². The van der Waals surface area contributed by atoms with Crippen molar-refractivity contribution in [2.45, 2.75) is 102 Å². The Morgan fingerprint density at radius 3 is 1.96 bits per heavy atom. The lowest BCUT2D eigenvalue weighted by Crippen LogP contribution is -2.55. The summed E-state index contributed by atoms with van der Waals surface area (Å²) in [7, 11) is -1.39. The first-order valence-corrected chi connectivity index (χ1v) is 14.3. The molecule has 2 saturated carbocycles. The van der Waals surface area contributed by atoms with E-state index in [-0.39, 0.29) is 0 Å². The Kier molecular flexibility index (Phi) is 6.70. The fraction of sp³-hybridized carbons (Fsp3) is 0.760. The molecule has 4 atom stereocenters. The highest BCUT2D eigenvalue weighted by atomic mass is 28.3. The lowest BCUT2D eigenvalue weighted by molar-refractivity contribution is 0.280. The van der Waals surface area contributed by atoms with Gasteiger partial charge in [0.1, 0.15) is 0 Å². The molecule has 2 bridgehead atoms.